The highest BCUT2D eigenvalue weighted by molar-refractivity contribution is 6.04. The Labute approximate surface area is 224 Å². The van der Waals surface area contributed by atoms with E-state index in [0.29, 0.717) is 44.8 Å². The van der Waals surface area contributed by atoms with Crippen LogP contribution in [-0.4, -0.2) is 58.4 Å². The van der Waals surface area contributed by atoms with Crippen LogP contribution in [0.4, 0.5) is 24.7 Å². The van der Waals surface area contributed by atoms with Gasteiger partial charge >= 0.3 is 6.18 Å². The van der Waals surface area contributed by atoms with E-state index >= 15 is 0 Å². The third-order valence-electron chi connectivity index (χ3n) is 7.23. The first-order valence-corrected chi connectivity index (χ1v) is 13.0. The minimum absolute atomic E-state index is 0.153. The number of pyridine rings is 3. The molecule has 206 valence electrons. The molecule has 0 atom stereocenters. The SMILES string of the molecule is Cc1ncc(NC(=O)c2ccnc(C(F)(F)F)c2)cc1-c1cc(C2CCOCC2)nc(N2CCC(O)CC2)c1. The van der Waals surface area contributed by atoms with Gasteiger partial charge in [0.25, 0.3) is 5.91 Å². The number of alkyl halides is 3. The number of ether oxygens (including phenoxy) is 1. The molecule has 2 aliphatic rings. The lowest BCUT2D eigenvalue weighted by Gasteiger charge is -2.32. The number of aliphatic hydroxyl groups excluding tert-OH is 1. The Balaban J connectivity index is 1.46. The maximum Gasteiger partial charge on any atom is 0.433 e. The summed E-state index contributed by atoms with van der Waals surface area (Å²) in [6.07, 6.45) is 0.572. The first-order valence-electron chi connectivity index (χ1n) is 13.0. The van der Waals surface area contributed by atoms with Crippen LogP contribution in [0, 0.1) is 6.92 Å². The summed E-state index contributed by atoms with van der Waals surface area (Å²) in [5, 5.41) is 12.6. The van der Waals surface area contributed by atoms with Crippen molar-refractivity contribution in [2.75, 3.05) is 36.5 Å². The summed E-state index contributed by atoms with van der Waals surface area (Å²) in [6, 6.07) is 7.78. The van der Waals surface area contributed by atoms with Gasteiger partial charge in [-0.25, -0.2) is 4.98 Å². The molecule has 2 saturated heterocycles. The number of piperidine rings is 1. The fourth-order valence-corrected chi connectivity index (χ4v) is 4.98. The van der Waals surface area contributed by atoms with Crippen LogP contribution in [0.5, 0.6) is 0 Å². The number of nitrogens with zero attached hydrogens (tertiary/aromatic N) is 4. The highest BCUT2D eigenvalue weighted by Gasteiger charge is 2.33. The molecule has 0 radical (unpaired) electrons. The topological polar surface area (TPSA) is 100 Å². The number of aryl methyl sites for hydroxylation is 1. The van der Waals surface area contributed by atoms with E-state index in [-0.39, 0.29) is 17.6 Å². The summed E-state index contributed by atoms with van der Waals surface area (Å²) in [6.45, 7) is 4.61. The Morgan fingerprint density at radius 1 is 1.08 bits per heavy atom. The maximum absolute atomic E-state index is 13.1. The van der Waals surface area contributed by atoms with Crippen LogP contribution in [0.1, 0.15) is 59.0 Å². The second-order valence-corrected chi connectivity index (χ2v) is 9.98. The van der Waals surface area contributed by atoms with Crippen molar-refractivity contribution in [1.82, 2.24) is 15.0 Å². The lowest BCUT2D eigenvalue weighted by Crippen LogP contribution is -2.36. The van der Waals surface area contributed by atoms with Gasteiger partial charge in [-0.15, -0.1) is 0 Å². The monoisotopic (exact) mass is 541 g/mol. The molecule has 11 heteroatoms. The van der Waals surface area contributed by atoms with Crippen molar-refractivity contribution in [2.45, 2.75) is 50.8 Å². The first-order chi connectivity index (χ1) is 18.7. The molecule has 0 bridgehead atoms. The minimum atomic E-state index is -4.65. The van der Waals surface area contributed by atoms with Gasteiger partial charge in [0.05, 0.1) is 18.0 Å². The summed E-state index contributed by atoms with van der Waals surface area (Å²) < 4.78 is 44.7. The summed E-state index contributed by atoms with van der Waals surface area (Å²) >= 11 is 0. The molecular formula is C28H30F3N5O3. The summed E-state index contributed by atoms with van der Waals surface area (Å²) in [4.78, 5) is 27.7. The van der Waals surface area contributed by atoms with Crippen molar-refractivity contribution in [2.24, 2.45) is 0 Å². The fourth-order valence-electron chi connectivity index (χ4n) is 4.98. The predicted molar refractivity (Wildman–Crippen MR) is 140 cm³/mol. The number of halogens is 3. The number of hydrogen-bond donors (Lipinski definition) is 2. The molecule has 0 saturated carbocycles. The quantitative estimate of drug-likeness (QED) is 0.470. The Bertz CT molecular complexity index is 1340. The van der Waals surface area contributed by atoms with E-state index in [1.54, 1.807) is 6.07 Å². The summed E-state index contributed by atoms with van der Waals surface area (Å²) in [5.74, 6) is 0.384. The maximum atomic E-state index is 13.1. The number of hydrogen-bond acceptors (Lipinski definition) is 7. The van der Waals surface area contributed by atoms with Crippen LogP contribution < -0.4 is 10.2 Å². The molecule has 8 nitrogen and oxygen atoms in total. The zero-order chi connectivity index (χ0) is 27.6. The molecule has 0 unspecified atom stereocenters. The van der Waals surface area contributed by atoms with E-state index in [9.17, 15) is 23.1 Å². The van der Waals surface area contributed by atoms with Crippen molar-refractivity contribution >= 4 is 17.4 Å². The van der Waals surface area contributed by atoms with Crippen LogP contribution in [0.25, 0.3) is 11.1 Å². The molecule has 0 aliphatic carbocycles. The van der Waals surface area contributed by atoms with Gasteiger partial charge in [-0.05, 0) is 68.5 Å². The molecule has 5 rings (SSSR count). The molecule has 2 aliphatic heterocycles. The average Bonchev–Trinajstić information content (AvgIpc) is 2.94. The minimum Gasteiger partial charge on any atom is -0.393 e. The number of carbonyl (C=O) groups is 1. The van der Waals surface area contributed by atoms with Crippen LogP contribution in [0.2, 0.25) is 0 Å². The van der Waals surface area contributed by atoms with Gasteiger partial charge in [-0.3, -0.25) is 14.8 Å². The van der Waals surface area contributed by atoms with Gasteiger partial charge in [-0.1, -0.05) is 0 Å². The zero-order valence-corrected chi connectivity index (χ0v) is 21.5. The van der Waals surface area contributed by atoms with Gasteiger partial charge < -0.3 is 20.1 Å². The Morgan fingerprint density at radius 3 is 2.54 bits per heavy atom. The molecule has 3 aromatic rings. The summed E-state index contributed by atoms with van der Waals surface area (Å²) in [7, 11) is 0. The van der Waals surface area contributed by atoms with Crippen molar-refractivity contribution in [3.8, 4) is 11.1 Å². The largest absolute Gasteiger partial charge is 0.433 e. The number of anilines is 2. The molecule has 1 amide bonds. The van der Waals surface area contributed by atoms with Crippen LogP contribution in [0.15, 0.2) is 42.7 Å². The zero-order valence-electron chi connectivity index (χ0n) is 21.5. The lowest BCUT2D eigenvalue weighted by atomic mass is 9.93. The number of amides is 1. The molecule has 39 heavy (non-hydrogen) atoms. The van der Waals surface area contributed by atoms with Crippen molar-refractivity contribution in [3.63, 3.8) is 0 Å². The molecular weight excluding hydrogens is 511 g/mol. The highest BCUT2D eigenvalue weighted by atomic mass is 19.4. The molecule has 2 N–H and O–H groups in total. The first kappa shape index (κ1) is 27.0. The number of carbonyl (C=O) groups excluding carboxylic acids is 1. The number of aromatic nitrogens is 3. The van der Waals surface area contributed by atoms with Gasteiger partial charge in [0.2, 0.25) is 0 Å². The Hall–Kier alpha value is -3.57. The number of nitrogens with one attached hydrogen (secondary N) is 1. The number of rotatable bonds is 5. The van der Waals surface area contributed by atoms with E-state index in [1.165, 1.54) is 12.3 Å². The van der Waals surface area contributed by atoms with Gasteiger partial charge in [0.1, 0.15) is 11.5 Å². The van der Waals surface area contributed by atoms with Crippen LogP contribution >= 0.6 is 0 Å². The third-order valence-corrected chi connectivity index (χ3v) is 7.23. The average molecular weight is 542 g/mol. The van der Waals surface area contributed by atoms with E-state index in [2.05, 4.69) is 20.2 Å². The molecule has 3 aromatic heterocycles. The highest BCUT2D eigenvalue weighted by Crippen LogP contribution is 2.34. The van der Waals surface area contributed by atoms with Gasteiger partial charge in [-0.2, -0.15) is 13.2 Å². The van der Waals surface area contributed by atoms with E-state index in [1.807, 2.05) is 19.1 Å². The second kappa shape index (κ2) is 11.3. The van der Waals surface area contributed by atoms with Gasteiger partial charge in [0.15, 0.2) is 0 Å². The molecule has 0 aromatic carbocycles. The predicted octanol–water partition coefficient (Wildman–Crippen LogP) is 4.97. The van der Waals surface area contributed by atoms with E-state index in [4.69, 9.17) is 9.72 Å². The van der Waals surface area contributed by atoms with Crippen LogP contribution in [-0.2, 0) is 10.9 Å². The smallest absolute Gasteiger partial charge is 0.393 e. The molecule has 2 fully saturated rings. The fraction of sp³-hybridized carbons (Fsp3) is 0.429. The third kappa shape index (κ3) is 6.36. The Kier molecular flexibility index (Phi) is 7.81. The van der Waals surface area contributed by atoms with Gasteiger partial charge in [0, 0.05) is 60.9 Å². The van der Waals surface area contributed by atoms with E-state index < -0.39 is 17.8 Å². The van der Waals surface area contributed by atoms with Crippen molar-refractivity contribution < 1.29 is 27.8 Å². The van der Waals surface area contributed by atoms with Crippen molar-refractivity contribution in [1.29, 1.82) is 0 Å². The second-order valence-electron chi connectivity index (χ2n) is 9.98. The van der Waals surface area contributed by atoms with Crippen LogP contribution in [0.3, 0.4) is 0 Å². The Morgan fingerprint density at radius 2 is 1.82 bits per heavy atom. The number of aliphatic hydroxyl groups is 1. The molecule has 5 heterocycles. The lowest BCUT2D eigenvalue weighted by molar-refractivity contribution is -0.141. The van der Waals surface area contributed by atoms with Crippen molar-refractivity contribution in [3.05, 3.63) is 65.4 Å². The normalized spacial score (nSPS) is 17.3. The standard InChI is InChI=1S/C28H30F3N5O3/c1-17-23(15-21(16-33-17)34-27(38)19-2-7-32-25(13-19)28(29,30)31)20-12-24(18-5-10-39-11-6-18)35-26(14-20)36-8-3-22(37)4-9-36/h2,7,12-16,18,22,37H,3-6,8-11H2,1H3,(H,34,38). The molecule has 0 spiro atoms. The summed E-state index contributed by atoms with van der Waals surface area (Å²) in [5.41, 5.74) is 2.44. The van der Waals surface area contributed by atoms with E-state index in [0.717, 1.165) is 53.4 Å².